The lowest BCUT2D eigenvalue weighted by atomic mass is 10.1. The van der Waals surface area contributed by atoms with Gasteiger partial charge in [-0.2, -0.15) is 26.7 Å². The monoisotopic (exact) mass is 524 g/mol. The lowest BCUT2D eigenvalue weighted by Crippen LogP contribution is -2.22. The number of carbonyl (C=O) groups excluding carboxylic acids is 1. The van der Waals surface area contributed by atoms with Crippen LogP contribution < -0.4 is 10.5 Å². The van der Waals surface area contributed by atoms with Crippen LogP contribution in [-0.2, 0) is 27.2 Å². The Morgan fingerprint density at radius 3 is 2.64 bits per heavy atom. The molecular weight excluding hydrogens is 501 g/mol. The average Bonchev–Trinajstić information content (AvgIpc) is 3.47. The summed E-state index contributed by atoms with van der Waals surface area (Å²) in [6.45, 7) is 0.175. The van der Waals surface area contributed by atoms with Gasteiger partial charge < -0.3 is 5.32 Å². The molecule has 0 bridgehead atoms. The van der Waals surface area contributed by atoms with Crippen LogP contribution in [0.4, 0.5) is 19.0 Å². The fourth-order valence-electron chi connectivity index (χ4n) is 4.05. The largest absolute Gasteiger partial charge is 0.416 e. The molecular formula is C22H23F3N6O4S. The molecule has 0 aliphatic heterocycles. The number of rotatable bonds is 9. The lowest BCUT2D eigenvalue weighted by molar-refractivity contribution is -0.137. The zero-order chi connectivity index (χ0) is 25.9. The lowest BCUT2D eigenvalue weighted by Gasteiger charge is -2.15. The Bertz CT molecular complexity index is 1330. The summed E-state index contributed by atoms with van der Waals surface area (Å²) in [6, 6.07) is 6.18. The topological polar surface area (TPSA) is 142 Å². The first kappa shape index (κ1) is 25.7. The van der Waals surface area contributed by atoms with E-state index in [4.69, 9.17) is 5.14 Å². The van der Waals surface area contributed by atoms with E-state index < -0.39 is 27.8 Å². The number of nitrogens with one attached hydrogen (secondary N) is 1. The Morgan fingerprint density at radius 1 is 1.19 bits per heavy atom. The summed E-state index contributed by atoms with van der Waals surface area (Å²) in [6.07, 6.45) is 1.88. The van der Waals surface area contributed by atoms with E-state index in [-0.39, 0.29) is 36.4 Å². The number of hydrogen-bond donors (Lipinski definition) is 2. The van der Waals surface area contributed by atoms with Crippen molar-refractivity contribution in [1.29, 1.82) is 0 Å². The number of ketones is 1. The minimum Gasteiger partial charge on any atom is -0.367 e. The molecule has 0 amide bonds. The average molecular weight is 525 g/mol. The highest BCUT2D eigenvalue weighted by Gasteiger charge is 2.30. The van der Waals surface area contributed by atoms with Crippen molar-refractivity contribution in [2.24, 2.45) is 11.1 Å². The molecule has 0 radical (unpaired) electrons. The highest BCUT2D eigenvalue weighted by Crippen LogP contribution is 2.30. The minimum atomic E-state index is -4.41. The molecule has 1 saturated carbocycles. The maximum atomic E-state index is 13.1. The van der Waals surface area contributed by atoms with Gasteiger partial charge in [0.25, 0.3) is 0 Å². The van der Waals surface area contributed by atoms with Gasteiger partial charge in [-0.3, -0.25) is 13.7 Å². The third kappa shape index (κ3) is 6.65. The van der Waals surface area contributed by atoms with Crippen LogP contribution in [0.15, 0.2) is 49.1 Å². The van der Waals surface area contributed by atoms with Gasteiger partial charge >= 0.3 is 16.5 Å². The quantitative estimate of drug-likeness (QED) is 0.407. The summed E-state index contributed by atoms with van der Waals surface area (Å²) in [5, 5.41) is 12.4. The Balaban J connectivity index is 1.41. The van der Waals surface area contributed by atoms with Gasteiger partial charge in [-0.1, -0.05) is 12.1 Å². The zero-order valence-corrected chi connectivity index (χ0v) is 19.7. The van der Waals surface area contributed by atoms with Gasteiger partial charge in [0.2, 0.25) is 5.78 Å². The Labute approximate surface area is 205 Å². The molecule has 1 fully saturated rings. The molecule has 192 valence electrons. The van der Waals surface area contributed by atoms with Gasteiger partial charge in [-0.25, -0.2) is 15.1 Å². The molecule has 10 nitrogen and oxygen atoms in total. The number of aromatic nitrogens is 4. The van der Waals surface area contributed by atoms with Crippen molar-refractivity contribution in [1.82, 2.24) is 19.7 Å². The normalized spacial score (nSPS) is 18.3. The van der Waals surface area contributed by atoms with Crippen LogP contribution in [0.1, 0.15) is 46.4 Å². The summed E-state index contributed by atoms with van der Waals surface area (Å²) in [4.78, 5) is 21.2. The van der Waals surface area contributed by atoms with Crippen molar-refractivity contribution in [2.75, 3.05) is 11.9 Å². The molecule has 14 heteroatoms. The number of nitrogens with two attached hydrogens (primary N) is 1. The molecule has 2 heterocycles. The SMILES string of the molecule is NS(=O)(=O)OC[C@@H]1CCC(Nc2ncncc2C(=O)c2ccn(Cc3ccc(C(F)(F)F)cc3)n2)C1. The first-order valence-electron chi connectivity index (χ1n) is 11.0. The maximum Gasteiger partial charge on any atom is 0.416 e. The number of hydrogen-bond acceptors (Lipinski definition) is 8. The molecule has 3 aromatic rings. The van der Waals surface area contributed by atoms with Crippen molar-refractivity contribution in [3.63, 3.8) is 0 Å². The second-order valence-electron chi connectivity index (χ2n) is 8.51. The molecule has 4 rings (SSSR count). The first-order chi connectivity index (χ1) is 17.0. The summed E-state index contributed by atoms with van der Waals surface area (Å²) >= 11 is 0. The summed E-state index contributed by atoms with van der Waals surface area (Å²) in [5.41, 5.74) is 0.196. The van der Waals surface area contributed by atoms with Crippen LogP contribution in [0.25, 0.3) is 0 Å². The molecule has 2 aromatic heterocycles. The number of anilines is 1. The molecule has 2 atom stereocenters. The van der Waals surface area contributed by atoms with Crippen molar-refractivity contribution in [3.8, 4) is 0 Å². The highest BCUT2D eigenvalue weighted by molar-refractivity contribution is 7.84. The standard InChI is InChI=1S/C22H23F3N6O4S/c23-22(24,25)16-4-1-14(2-5-16)11-31-8-7-19(30-31)20(32)18-10-27-13-28-21(18)29-17-6-3-15(9-17)12-35-36(26,33)34/h1-2,4-5,7-8,10,13,15,17H,3,6,9,11-12H2,(H2,26,33,34)(H,27,28,29)/t15-,17?/m1/s1. The molecule has 36 heavy (non-hydrogen) atoms. The van der Waals surface area contributed by atoms with Crippen LogP contribution in [0.3, 0.4) is 0 Å². The first-order valence-corrected chi connectivity index (χ1v) is 12.4. The second-order valence-corrected chi connectivity index (χ2v) is 9.73. The van der Waals surface area contributed by atoms with Crippen LogP contribution in [0.5, 0.6) is 0 Å². The number of halogens is 3. The maximum absolute atomic E-state index is 13.1. The van der Waals surface area contributed by atoms with Gasteiger partial charge in [0, 0.05) is 18.4 Å². The molecule has 1 aromatic carbocycles. The molecule has 3 N–H and O–H groups in total. The van der Waals surface area contributed by atoms with Gasteiger partial charge in [-0.15, -0.1) is 0 Å². The Morgan fingerprint density at radius 2 is 1.94 bits per heavy atom. The molecule has 1 unspecified atom stereocenters. The number of benzene rings is 1. The second kappa shape index (κ2) is 10.3. The van der Waals surface area contributed by atoms with Crippen LogP contribution in [0.2, 0.25) is 0 Å². The van der Waals surface area contributed by atoms with Gasteiger partial charge in [-0.05, 0) is 48.9 Å². The third-order valence-electron chi connectivity index (χ3n) is 5.81. The smallest absolute Gasteiger partial charge is 0.367 e. The molecule has 0 saturated heterocycles. The van der Waals surface area contributed by atoms with E-state index >= 15 is 0 Å². The molecule has 1 aliphatic carbocycles. The summed E-state index contributed by atoms with van der Waals surface area (Å²) in [5.74, 6) is -0.107. The van der Waals surface area contributed by atoms with E-state index in [2.05, 4.69) is 24.6 Å². The summed E-state index contributed by atoms with van der Waals surface area (Å²) in [7, 11) is -4.00. The van der Waals surface area contributed by atoms with E-state index in [9.17, 15) is 26.4 Å². The Hall–Kier alpha value is -3.36. The fraction of sp³-hybridized carbons (Fsp3) is 0.364. The van der Waals surface area contributed by atoms with Crippen molar-refractivity contribution in [3.05, 3.63) is 71.4 Å². The minimum absolute atomic E-state index is 0.0110. The number of carbonyl (C=O) groups is 1. The fourth-order valence-corrected chi connectivity index (χ4v) is 4.43. The van der Waals surface area contributed by atoms with Gasteiger partial charge in [0.05, 0.1) is 24.3 Å². The molecule has 0 spiro atoms. The van der Waals surface area contributed by atoms with Gasteiger partial charge in [0.15, 0.2) is 0 Å². The van der Waals surface area contributed by atoms with Crippen LogP contribution in [0, 0.1) is 5.92 Å². The van der Waals surface area contributed by atoms with E-state index in [0.717, 1.165) is 25.0 Å². The van der Waals surface area contributed by atoms with Crippen LogP contribution in [-0.4, -0.2) is 46.6 Å². The van der Waals surface area contributed by atoms with E-state index in [1.807, 2.05) is 0 Å². The van der Waals surface area contributed by atoms with Crippen molar-refractivity contribution >= 4 is 21.9 Å². The molecule has 1 aliphatic rings. The third-order valence-corrected chi connectivity index (χ3v) is 6.27. The van der Waals surface area contributed by atoms with E-state index in [1.165, 1.54) is 35.4 Å². The highest BCUT2D eigenvalue weighted by atomic mass is 32.2. The van der Waals surface area contributed by atoms with E-state index in [0.29, 0.717) is 17.8 Å². The predicted octanol–water partition coefficient (Wildman–Crippen LogP) is 2.77. The van der Waals surface area contributed by atoms with E-state index in [1.54, 1.807) is 6.20 Å². The summed E-state index contributed by atoms with van der Waals surface area (Å²) < 4.78 is 66.4. The van der Waals surface area contributed by atoms with Crippen LogP contribution >= 0.6 is 0 Å². The van der Waals surface area contributed by atoms with Gasteiger partial charge in [0.1, 0.15) is 17.8 Å². The predicted molar refractivity (Wildman–Crippen MR) is 122 cm³/mol. The Kier molecular flexibility index (Phi) is 7.38. The number of alkyl halides is 3. The van der Waals surface area contributed by atoms with Crippen molar-refractivity contribution < 1.29 is 30.6 Å². The zero-order valence-electron chi connectivity index (χ0n) is 18.9. The van der Waals surface area contributed by atoms with Crippen molar-refractivity contribution in [2.45, 2.75) is 38.0 Å². The number of nitrogens with zero attached hydrogens (tertiary/aromatic N) is 4.